The summed E-state index contributed by atoms with van der Waals surface area (Å²) in [5.74, 6) is -1.45. The zero-order valence-electron chi connectivity index (χ0n) is 35.0. The fraction of sp³-hybridized carbons (Fsp3) is 0.629. The molecule has 67 heavy (non-hydrogen) atoms. The molecule has 32 heteroatoms. The zero-order valence-corrected chi connectivity index (χ0v) is 36.8. The third-order valence-electron chi connectivity index (χ3n) is 11.7. The largest absolute Gasteiger partial charge is 0.472 e. The molecule has 0 saturated carbocycles. The summed E-state index contributed by atoms with van der Waals surface area (Å²) < 4.78 is 81.2. The lowest BCUT2D eigenvalue weighted by Crippen LogP contribution is -2.55. The number of azo groups is 1. The van der Waals surface area contributed by atoms with Crippen molar-refractivity contribution in [2.75, 3.05) is 31.3 Å². The number of hydrogen-bond acceptors (Lipinski definition) is 26. The van der Waals surface area contributed by atoms with Gasteiger partial charge in [-0.15, -0.1) is 0 Å². The maximum Gasteiger partial charge on any atom is 0.472 e. The molecule has 0 spiro atoms. The van der Waals surface area contributed by atoms with Crippen LogP contribution in [0.5, 0.6) is 0 Å². The molecule has 0 aromatic carbocycles. The SMILES string of the molecule is CC1C(OC2C=C(CCCCC(=O)O[C@H]3C4OP(=O)(O)OC[C@H]5O[C@@H](n6cnc7c(N)ncnc76)C(O)[C@H]5OP(=O)(O)OC[C@H]4O[C@H]3n3cnc4c(N)ncnc43)N=N2)OC(CO)C(O)C1O. The minimum Gasteiger partial charge on any atom is -0.455 e. The summed E-state index contributed by atoms with van der Waals surface area (Å²) >= 11 is 0. The molecule has 0 bridgehead atoms. The van der Waals surface area contributed by atoms with Gasteiger partial charge in [0.05, 0.1) is 44.3 Å². The topological polar surface area (TPSA) is 420 Å². The van der Waals surface area contributed by atoms with E-state index >= 15 is 0 Å². The van der Waals surface area contributed by atoms with Gasteiger partial charge in [0, 0.05) is 12.3 Å². The summed E-state index contributed by atoms with van der Waals surface area (Å²) in [6.07, 6.45) is -11.0. The Morgan fingerprint density at radius 2 is 1.40 bits per heavy atom. The molecule has 30 nitrogen and oxygen atoms in total. The first-order valence-electron chi connectivity index (χ1n) is 20.8. The van der Waals surface area contributed by atoms with E-state index in [0.717, 1.165) is 12.7 Å². The van der Waals surface area contributed by atoms with Crippen molar-refractivity contribution in [3.63, 3.8) is 0 Å². The zero-order chi connectivity index (χ0) is 47.4. The molecule has 16 atom stereocenters. The number of allylic oxidation sites excluding steroid dienone is 1. The van der Waals surface area contributed by atoms with E-state index in [1.54, 1.807) is 13.0 Å². The molecule has 10 N–H and O–H groups in total. The van der Waals surface area contributed by atoms with Gasteiger partial charge in [0.1, 0.15) is 66.4 Å². The minimum atomic E-state index is -5.23. The van der Waals surface area contributed by atoms with Crippen LogP contribution in [0.1, 0.15) is 45.1 Å². The van der Waals surface area contributed by atoms with Gasteiger partial charge in [-0.3, -0.25) is 32.0 Å². The van der Waals surface area contributed by atoms with Crippen molar-refractivity contribution in [1.82, 2.24) is 39.0 Å². The van der Waals surface area contributed by atoms with Crippen LogP contribution >= 0.6 is 15.6 Å². The van der Waals surface area contributed by atoms with Crippen LogP contribution < -0.4 is 11.5 Å². The van der Waals surface area contributed by atoms with Gasteiger partial charge in [0.25, 0.3) is 0 Å². The standard InChI is InChI=1S/C35H46N12O18P2/c1-14-23(50)24(51)16(7-48)61-35(14)62-19-6-15(44-45-19)4-2-3-5-20(49)63-28-27-18(60-34(28)47-13-43-22-30(37)39-11-41-32(22)47)9-58-66(53,54)64-26-17(8-57-67(55,56)65-27)59-33(25(26)52)46-12-42-21-29(36)38-10-40-31(21)46/h6,10-14,16-19,23-28,33-35,48,50-52H,2-5,7-9H2,1H3,(H,53,54)(H,55,56)(H2,36,38,40)(H2,37,39,41)/t14?,16?,17-,18-,19?,23?,24?,25?,26+,27?,28+,33-,34-,35?/m1/s1. The van der Waals surface area contributed by atoms with Gasteiger partial charge in [-0.25, -0.2) is 39.0 Å². The summed E-state index contributed by atoms with van der Waals surface area (Å²) in [5.41, 5.74) is 13.0. The highest BCUT2D eigenvalue weighted by Crippen LogP contribution is 2.54. The maximum atomic E-state index is 13.8. The number of nitrogen functional groups attached to an aromatic ring is 2. The lowest BCUT2D eigenvalue weighted by atomic mass is 9.92. The Hall–Kier alpha value is -4.59. The van der Waals surface area contributed by atoms with Crippen LogP contribution in [-0.4, -0.2) is 162 Å². The first-order valence-corrected chi connectivity index (χ1v) is 23.8. The highest BCUT2D eigenvalue weighted by molar-refractivity contribution is 7.47. The Morgan fingerprint density at radius 1 is 0.806 bits per heavy atom. The predicted octanol–water partition coefficient (Wildman–Crippen LogP) is -0.756. The molecule has 5 aliphatic rings. The Kier molecular flexibility index (Phi) is 13.5. The van der Waals surface area contributed by atoms with Crippen molar-refractivity contribution >= 4 is 55.6 Å². The maximum absolute atomic E-state index is 13.8. The normalized spacial score (nSPS) is 38.0. The van der Waals surface area contributed by atoms with Crippen molar-refractivity contribution < 1.29 is 85.9 Å². The average molecular weight is 985 g/mol. The molecule has 4 fully saturated rings. The molecule has 4 aromatic heterocycles. The second-order valence-corrected chi connectivity index (χ2v) is 18.9. The van der Waals surface area contributed by atoms with Crippen molar-refractivity contribution in [2.24, 2.45) is 16.1 Å². The van der Waals surface area contributed by atoms with Crippen LogP contribution in [-0.2, 0) is 55.7 Å². The first kappa shape index (κ1) is 47.5. The number of fused-ring (bicyclic) bond motifs is 4. The van der Waals surface area contributed by atoms with Crippen LogP contribution in [0, 0.1) is 5.92 Å². The number of aliphatic hydroxyl groups excluding tert-OH is 4. The smallest absolute Gasteiger partial charge is 0.455 e. The molecule has 5 aliphatic heterocycles. The number of ether oxygens (including phenoxy) is 5. The number of hydrogen-bond donors (Lipinski definition) is 8. The van der Waals surface area contributed by atoms with Crippen LogP contribution in [0.2, 0.25) is 0 Å². The van der Waals surface area contributed by atoms with Crippen molar-refractivity contribution in [3.8, 4) is 0 Å². The van der Waals surface area contributed by atoms with E-state index in [1.807, 2.05) is 0 Å². The molecular formula is C35H46N12O18P2. The number of carbonyl (C=O) groups is 1. The molecule has 0 amide bonds. The Labute approximate surface area is 377 Å². The third kappa shape index (κ3) is 9.71. The van der Waals surface area contributed by atoms with Gasteiger partial charge in [-0.2, -0.15) is 10.2 Å². The molecule has 0 radical (unpaired) electrons. The van der Waals surface area contributed by atoms with E-state index in [4.69, 9.17) is 53.2 Å². The van der Waals surface area contributed by atoms with E-state index in [1.165, 1.54) is 21.8 Å². The molecule has 10 unspecified atom stereocenters. The number of rotatable bonds is 11. The summed E-state index contributed by atoms with van der Waals surface area (Å²) in [6.45, 7) is -0.660. The van der Waals surface area contributed by atoms with Crippen molar-refractivity contribution in [3.05, 3.63) is 37.1 Å². The van der Waals surface area contributed by atoms with Gasteiger partial charge in [-0.05, 0) is 25.3 Å². The minimum absolute atomic E-state index is 0.00976. The molecule has 4 saturated heterocycles. The monoisotopic (exact) mass is 984 g/mol. The van der Waals surface area contributed by atoms with Crippen LogP contribution in [0.25, 0.3) is 22.3 Å². The quantitative estimate of drug-likeness (QED) is 0.0520. The van der Waals surface area contributed by atoms with E-state index in [0.29, 0.717) is 18.5 Å². The van der Waals surface area contributed by atoms with E-state index in [2.05, 4.69) is 40.1 Å². The Bertz CT molecular complexity index is 2620. The number of unbranched alkanes of at least 4 members (excludes halogenated alkanes) is 1. The molecule has 9 heterocycles. The van der Waals surface area contributed by atoms with Gasteiger partial charge >= 0.3 is 21.6 Å². The number of nitrogens with zero attached hydrogens (tertiary/aromatic N) is 10. The molecule has 0 aliphatic carbocycles. The fourth-order valence-corrected chi connectivity index (χ4v) is 10.1. The van der Waals surface area contributed by atoms with E-state index in [9.17, 15) is 44.1 Å². The number of aliphatic hydroxyl groups is 4. The number of imidazole rings is 2. The highest BCUT2D eigenvalue weighted by atomic mass is 31.2. The molecule has 9 rings (SSSR count). The number of phosphoric acid groups is 2. The number of aromatic nitrogens is 8. The van der Waals surface area contributed by atoms with Gasteiger partial charge in [-0.1, -0.05) is 6.92 Å². The number of nitrogens with two attached hydrogens (primary N) is 2. The van der Waals surface area contributed by atoms with Crippen LogP contribution in [0.3, 0.4) is 0 Å². The number of anilines is 2. The van der Waals surface area contributed by atoms with E-state index < -0.39 is 127 Å². The predicted molar refractivity (Wildman–Crippen MR) is 218 cm³/mol. The highest BCUT2D eigenvalue weighted by Gasteiger charge is 2.55. The number of esters is 1. The van der Waals surface area contributed by atoms with Gasteiger partial charge in [0.15, 0.2) is 54.0 Å². The Morgan fingerprint density at radius 3 is 2.04 bits per heavy atom. The van der Waals surface area contributed by atoms with Gasteiger partial charge in [0.2, 0.25) is 0 Å². The summed E-state index contributed by atoms with van der Waals surface area (Å²) in [7, 11) is -10.4. The number of carbonyl (C=O) groups excluding carboxylic acids is 1. The number of phosphoric ester groups is 2. The fourth-order valence-electron chi connectivity index (χ4n) is 8.21. The molecular weight excluding hydrogens is 938 g/mol. The third-order valence-corrected chi connectivity index (χ3v) is 13.6. The van der Waals surface area contributed by atoms with Crippen LogP contribution in [0.4, 0.5) is 11.6 Å². The van der Waals surface area contributed by atoms with Crippen LogP contribution in [0.15, 0.2) is 47.3 Å². The lowest BCUT2D eigenvalue weighted by Gasteiger charge is -2.40. The first-order chi connectivity index (χ1) is 32.0. The van der Waals surface area contributed by atoms with Crippen molar-refractivity contribution in [2.45, 2.75) is 113 Å². The summed E-state index contributed by atoms with van der Waals surface area (Å²) in [6, 6.07) is 0. The second kappa shape index (κ2) is 19.1. The van der Waals surface area contributed by atoms with Gasteiger partial charge < -0.3 is 65.4 Å². The molecule has 4 aromatic rings. The van der Waals surface area contributed by atoms with E-state index in [-0.39, 0.29) is 46.8 Å². The molecule has 364 valence electrons. The Balaban J connectivity index is 0.896. The lowest BCUT2D eigenvalue weighted by molar-refractivity contribution is -0.288. The van der Waals surface area contributed by atoms with Crippen molar-refractivity contribution in [1.29, 1.82) is 0 Å². The summed E-state index contributed by atoms with van der Waals surface area (Å²) in [5, 5.41) is 49.6. The second-order valence-electron chi connectivity index (χ2n) is 16.1. The average Bonchev–Trinajstić information content (AvgIpc) is 4.13. The summed E-state index contributed by atoms with van der Waals surface area (Å²) in [4.78, 5) is 60.3.